The molecule has 1 N–H and O–H groups in total. The van der Waals surface area contributed by atoms with Crippen LogP contribution in [0.5, 0.6) is 11.5 Å². The van der Waals surface area contributed by atoms with Gasteiger partial charge in [0.05, 0.1) is 18.2 Å². The molecule has 9 heteroatoms. The maximum absolute atomic E-state index is 13.9. The molecule has 0 aromatic heterocycles. The summed E-state index contributed by atoms with van der Waals surface area (Å²) in [5.74, 6) is -2.15. The zero-order chi connectivity index (χ0) is 24.8. The van der Waals surface area contributed by atoms with Gasteiger partial charge in [0, 0.05) is 56.2 Å². The van der Waals surface area contributed by atoms with Crippen LogP contribution in [0.15, 0.2) is 24.3 Å². The molecule has 2 aromatic rings. The van der Waals surface area contributed by atoms with E-state index in [4.69, 9.17) is 21.1 Å². The summed E-state index contributed by atoms with van der Waals surface area (Å²) in [5.41, 5.74) is 0.556. The Morgan fingerprint density at radius 2 is 1.76 bits per heavy atom. The van der Waals surface area contributed by atoms with Crippen molar-refractivity contribution in [3.05, 3.63) is 57.9 Å². The van der Waals surface area contributed by atoms with Gasteiger partial charge in [0.1, 0.15) is 17.5 Å². The summed E-state index contributed by atoms with van der Waals surface area (Å²) in [6.07, 6.45) is 0.758. The summed E-state index contributed by atoms with van der Waals surface area (Å²) in [6.45, 7) is 7.74. The molecule has 3 rings (SSSR count). The van der Waals surface area contributed by atoms with Crippen LogP contribution in [-0.2, 0) is 17.9 Å². The number of carbonyl (C=O) groups excluding carboxylic acids is 1. The van der Waals surface area contributed by atoms with Crippen molar-refractivity contribution in [2.75, 3.05) is 26.3 Å². The molecule has 1 atom stereocenters. The fraction of sp³-hybridized carbons (Fsp3) is 0.480. The van der Waals surface area contributed by atoms with Crippen molar-refractivity contribution in [3.63, 3.8) is 0 Å². The van der Waals surface area contributed by atoms with Crippen molar-refractivity contribution in [1.29, 1.82) is 0 Å². The van der Waals surface area contributed by atoms with Crippen LogP contribution >= 0.6 is 11.6 Å². The molecule has 0 unspecified atom stereocenters. The van der Waals surface area contributed by atoms with E-state index in [0.717, 1.165) is 12.0 Å². The van der Waals surface area contributed by atoms with Gasteiger partial charge < -0.3 is 19.7 Å². The van der Waals surface area contributed by atoms with E-state index in [1.54, 1.807) is 17.9 Å². The van der Waals surface area contributed by atoms with Gasteiger partial charge >= 0.3 is 0 Å². The zero-order valence-electron chi connectivity index (χ0n) is 19.6. The standard InChI is InChI=1S/C25H30ClF3N2O3/c1-15(2)13-31(14-17-7-20(26)24-23(8-17)33-5-4-6-34-24)25(32)16(3)11-30-12-19-21(28)9-18(27)10-22(19)29/h7-10,15-16,30H,4-6,11-14H2,1-3H3/t16-/m1/s1. The predicted octanol–water partition coefficient (Wildman–Crippen LogP) is 5.33. The Bertz CT molecular complexity index is 996. The molecule has 186 valence electrons. The summed E-state index contributed by atoms with van der Waals surface area (Å²) < 4.78 is 52.3. The Kier molecular flexibility index (Phi) is 9.08. The molecule has 0 bridgehead atoms. The number of ether oxygens (including phenoxy) is 2. The molecule has 0 aliphatic carbocycles. The molecule has 1 aliphatic heterocycles. The van der Waals surface area contributed by atoms with Crippen molar-refractivity contribution in [2.24, 2.45) is 11.8 Å². The van der Waals surface area contributed by atoms with Crippen molar-refractivity contribution in [3.8, 4) is 11.5 Å². The van der Waals surface area contributed by atoms with E-state index in [1.165, 1.54) is 0 Å². The van der Waals surface area contributed by atoms with Crippen molar-refractivity contribution < 1.29 is 27.4 Å². The number of fused-ring (bicyclic) bond motifs is 1. The molecule has 1 amide bonds. The smallest absolute Gasteiger partial charge is 0.226 e. The normalized spacial score (nSPS) is 14.1. The van der Waals surface area contributed by atoms with E-state index in [-0.39, 0.29) is 30.5 Å². The highest BCUT2D eigenvalue weighted by Gasteiger charge is 2.23. The minimum atomic E-state index is -0.971. The van der Waals surface area contributed by atoms with Gasteiger partial charge in [0.15, 0.2) is 11.5 Å². The molecule has 5 nitrogen and oxygen atoms in total. The quantitative estimate of drug-likeness (QED) is 0.508. The van der Waals surface area contributed by atoms with Gasteiger partial charge in [-0.25, -0.2) is 13.2 Å². The fourth-order valence-electron chi connectivity index (χ4n) is 3.82. The molecule has 0 saturated carbocycles. The second-order valence-corrected chi connectivity index (χ2v) is 9.36. The first-order valence-electron chi connectivity index (χ1n) is 11.4. The predicted molar refractivity (Wildman–Crippen MR) is 125 cm³/mol. The van der Waals surface area contributed by atoms with Crippen LogP contribution in [0.25, 0.3) is 0 Å². The summed E-state index contributed by atoms with van der Waals surface area (Å²) in [4.78, 5) is 15.0. The van der Waals surface area contributed by atoms with Crippen LogP contribution in [0, 0.1) is 29.3 Å². The minimum absolute atomic E-state index is 0.107. The first-order chi connectivity index (χ1) is 16.2. The molecule has 1 heterocycles. The first kappa shape index (κ1) is 26.2. The lowest BCUT2D eigenvalue weighted by atomic mass is 10.1. The fourth-order valence-corrected chi connectivity index (χ4v) is 4.11. The maximum Gasteiger partial charge on any atom is 0.226 e. The topological polar surface area (TPSA) is 50.8 Å². The molecule has 0 fully saturated rings. The Morgan fingerprint density at radius 1 is 1.09 bits per heavy atom. The Morgan fingerprint density at radius 3 is 2.44 bits per heavy atom. The van der Waals surface area contributed by atoms with E-state index >= 15 is 0 Å². The Hall–Kier alpha value is -2.45. The van der Waals surface area contributed by atoms with Crippen LogP contribution in [-0.4, -0.2) is 37.1 Å². The lowest BCUT2D eigenvalue weighted by Gasteiger charge is -2.28. The van der Waals surface area contributed by atoms with Gasteiger partial charge in [-0.1, -0.05) is 32.4 Å². The molecule has 0 radical (unpaired) electrons. The van der Waals surface area contributed by atoms with Gasteiger partial charge in [0.25, 0.3) is 0 Å². The van der Waals surface area contributed by atoms with E-state index in [2.05, 4.69) is 5.32 Å². The van der Waals surface area contributed by atoms with Crippen molar-refractivity contribution >= 4 is 17.5 Å². The number of rotatable bonds is 9. The third kappa shape index (κ3) is 6.79. The van der Waals surface area contributed by atoms with Crippen LogP contribution < -0.4 is 14.8 Å². The molecule has 0 saturated heterocycles. The second kappa shape index (κ2) is 11.8. The number of carbonyl (C=O) groups is 1. The minimum Gasteiger partial charge on any atom is -0.489 e. The van der Waals surface area contributed by atoms with Crippen LogP contribution in [0.2, 0.25) is 5.02 Å². The van der Waals surface area contributed by atoms with Gasteiger partial charge in [-0.3, -0.25) is 4.79 Å². The van der Waals surface area contributed by atoms with Crippen LogP contribution in [0.4, 0.5) is 13.2 Å². The zero-order valence-corrected chi connectivity index (χ0v) is 20.4. The SMILES string of the molecule is CC(C)CN(Cc1cc(Cl)c2c(c1)OCCCO2)C(=O)[C@H](C)CNCc1c(F)cc(F)cc1F. The van der Waals surface area contributed by atoms with Gasteiger partial charge in [-0.05, 0) is 23.6 Å². The third-order valence-corrected chi connectivity index (χ3v) is 5.69. The first-order valence-corrected chi connectivity index (χ1v) is 11.7. The second-order valence-electron chi connectivity index (χ2n) is 8.95. The van der Waals surface area contributed by atoms with E-state index in [9.17, 15) is 18.0 Å². The maximum atomic E-state index is 13.9. The number of amides is 1. The van der Waals surface area contributed by atoms with Gasteiger partial charge in [-0.2, -0.15) is 0 Å². The van der Waals surface area contributed by atoms with E-state index < -0.39 is 23.4 Å². The molecule has 34 heavy (non-hydrogen) atoms. The molecule has 1 aliphatic rings. The number of nitrogens with one attached hydrogen (secondary N) is 1. The largest absolute Gasteiger partial charge is 0.489 e. The number of hydrogen-bond acceptors (Lipinski definition) is 4. The summed E-state index contributed by atoms with van der Waals surface area (Å²) >= 11 is 6.41. The van der Waals surface area contributed by atoms with E-state index in [1.807, 2.05) is 19.9 Å². The molecule has 0 spiro atoms. The molecular weight excluding hydrogens is 469 g/mol. The molecule has 2 aromatic carbocycles. The highest BCUT2D eigenvalue weighted by Crippen LogP contribution is 2.38. The highest BCUT2D eigenvalue weighted by molar-refractivity contribution is 6.32. The number of halogens is 4. The lowest BCUT2D eigenvalue weighted by Crippen LogP contribution is -2.40. The highest BCUT2D eigenvalue weighted by atomic mass is 35.5. The average molecular weight is 499 g/mol. The van der Waals surface area contributed by atoms with E-state index in [0.29, 0.717) is 55.0 Å². The number of nitrogens with zero attached hydrogens (tertiary/aromatic N) is 1. The average Bonchev–Trinajstić information content (AvgIpc) is 3.00. The summed E-state index contributed by atoms with van der Waals surface area (Å²) in [7, 11) is 0. The van der Waals surface area contributed by atoms with Gasteiger partial charge in [-0.15, -0.1) is 0 Å². The summed E-state index contributed by atoms with van der Waals surface area (Å²) in [6, 6.07) is 4.90. The van der Waals surface area contributed by atoms with Crippen LogP contribution in [0.1, 0.15) is 38.3 Å². The Labute approximate surface area is 203 Å². The third-order valence-electron chi connectivity index (χ3n) is 5.41. The number of hydrogen-bond donors (Lipinski definition) is 1. The van der Waals surface area contributed by atoms with Crippen molar-refractivity contribution in [2.45, 2.75) is 40.3 Å². The summed E-state index contributed by atoms with van der Waals surface area (Å²) in [5, 5.41) is 3.34. The molecular formula is C25H30ClF3N2O3. The Balaban J connectivity index is 1.67. The number of benzene rings is 2. The van der Waals surface area contributed by atoms with Crippen molar-refractivity contribution in [1.82, 2.24) is 10.2 Å². The van der Waals surface area contributed by atoms with Crippen LogP contribution in [0.3, 0.4) is 0 Å². The monoisotopic (exact) mass is 498 g/mol. The van der Waals surface area contributed by atoms with Gasteiger partial charge in [0.2, 0.25) is 5.91 Å². The lowest BCUT2D eigenvalue weighted by molar-refractivity contribution is -0.136.